The molecule has 0 bridgehead atoms. The van der Waals surface area contributed by atoms with Crippen LogP contribution in [0.4, 0.5) is 0 Å². The SMILES string of the molecule is COc1cn(C)c(C(=O)N2CC=CC23CCCCC3)cc1=O. The smallest absolute Gasteiger partial charge is 0.271 e. The van der Waals surface area contributed by atoms with E-state index in [-0.39, 0.29) is 22.6 Å². The van der Waals surface area contributed by atoms with Gasteiger partial charge in [-0.2, -0.15) is 0 Å². The van der Waals surface area contributed by atoms with Crippen LogP contribution in [0.5, 0.6) is 5.75 Å². The molecular formula is C17H22N2O3. The van der Waals surface area contributed by atoms with E-state index in [0.29, 0.717) is 12.2 Å². The number of rotatable bonds is 2. The van der Waals surface area contributed by atoms with Crippen LogP contribution in [-0.2, 0) is 7.05 Å². The van der Waals surface area contributed by atoms with Crippen molar-refractivity contribution >= 4 is 5.91 Å². The molecule has 0 N–H and O–H groups in total. The maximum absolute atomic E-state index is 13.0. The third kappa shape index (κ3) is 2.34. The van der Waals surface area contributed by atoms with Crippen LogP contribution in [0.2, 0.25) is 0 Å². The quantitative estimate of drug-likeness (QED) is 0.786. The maximum atomic E-state index is 13.0. The number of hydrogen-bond donors (Lipinski definition) is 0. The van der Waals surface area contributed by atoms with Gasteiger partial charge in [0.25, 0.3) is 5.91 Å². The summed E-state index contributed by atoms with van der Waals surface area (Å²) in [5, 5.41) is 0. The van der Waals surface area contributed by atoms with Crippen LogP contribution in [0, 0.1) is 0 Å². The van der Waals surface area contributed by atoms with Gasteiger partial charge in [-0.3, -0.25) is 9.59 Å². The standard InChI is InChI=1S/C17H22N2O3/c1-18-12-15(22-2)14(20)11-13(18)16(21)19-10-6-9-17(19)7-4-3-5-8-17/h6,9,11-12H,3-5,7-8,10H2,1-2H3. The number of aryl methyl sites for hydroxylation is 1. The molecule has 0 unspecified atom stereocenters. The fourth-order valence-corrected chi connectivity index (χ4v) is 3.65. The molecule has 1 fully saturated rings. The summed E-state index contributed by atoms with van der Waals surface area (Å²) in [5.74, 6) is 0.181. The minimum atomic E-state index is -0.256. The van der Waals surface area contributed by atoms with Crippen molar-refractivity contribution < 1.29 is 9.53 Å². The van der Waals surface area contributed by atoms with Gasteiger partial charge in [0, 0.05) is 19.7 Å². The number of methoxy groups -OCH3 is 1. The summed E-state index contributed by atoms with van der Waals surface area (Å²) in [4.78, 5) is 26.9. The van der Waals surface area contributed by atoms with E-state index in [9.17, 15) is 9.59 Å². The number of ether oxygens (including phenoxy) is 1. The molecule has 22 heavy (non-hydrogen) atoms. The van der Waals surface area contributed by atoms with Crippen molar-refractivity contribution in [1.29, 1.82) is 0 Å². The second-order valence-corrected chi connectivity index (χ2v) is 6.18. The lowest BCUT2D eigenvalue weighted by molar-refractivity contribution is 0.0555. The highest BCUT2D eigenvalue weighted by Gasteiger charge is 2.41. The van der Waals surface area contributed by atoms with E-state index < -0.39 is 0 Å². The van der Waals surface area contributed by atoms with Gasteiger partial charge in [0.1, 0.15) is 5.69 Å². The van der Waals surface area contributed by atoms with Gasteiger partial charge in [-0.1, -0.05) is 31.4 Å². The van der Waals surface area contributed by atoms with E-state index >= 15 is 0 Å². The number of hydrogen-bond acceptors (Lipinski definition) is 3. The van der Waals surface area contributed by atoms with E-state index in [1.807, 2.05) is 4.90 Å². The minimum Gasteiger partial charge on any atom is -0.491 e. The van der Waals surface area contributed by atoms with Crippen LogP contribution >= 0.6 is 0 Å². The Kier molecular flexibility index (Phi) is 3.81. The summed E-state index contributed by atoms with van der Waals surface area (Å²) in [6.45, 7) is 0.624. The first-order valence-electron chi connectivity index (χ1n) is 7.82. The zero-order chi connectivity index (χ0) is 15.7. The van der Waals surface area contributed by atoms with Crippen molar-refractivity contribution in [2.45, 2.75) is 37.6 Å². The first kappa shape index (κ1) is 14.9. The van der Waals surface area contributed by atoms with Crippen LogP contribution in [-0.4, -0.2) is 34.6 Å². The summed E-state index contributed by atoms with van der Waals surface area (Å²) < 4.78 is 6.70. The lowest BCUT2D eigenvalue weighted by atomic mass is 9.81. The van der Waals surface area contributed by atoms with E-state index in [0.717, 1.165) is 25.7 Å². The highest BCUT2D eigenvalue weighted by molar-refractivity contribution is 5.94. The van der Waals surface area contributed by atoms with Gasteiger partial charge >= 0.3 is 0 Å². The van der Waals surface area contributed by atoms with E-state index in [4.69, 9.17) is 4.74 Å². The van der Waals surface area contributed by atoms with Crippen molar-refractivity contribution in [1.82, 2.24) is 9.47 Å². The number of pyridine rings is 1. The van der Waals surface area contributed by atoms with Crippen LogP contribution in [0.25, 0.3) is 0 Å². The number of nitrogens with zero attached hydrogens (tertiary/aromatic N) is 2. The molecule has 2 aliphatic rings. The average Bonchev–Trinajstić information content (AvgIpc) is 2.92. The van der Waals surface area contributed by atoms with E-state index in [1.165, 1.54) is 19.6 Å². The zero-order valence-electron chi connectivity index (χ0n) is 13.2. The van der Waals surface area contributed by atoms with Gasteiger partial charge in [0.15, 0.2) is 5.75 Å². The normalized spacial score (nSPS) is 19.6. The largest absolute Gasteiger partial charge is 0.491 e. The molecule has 1 spiro atoms. The van der Waals surface area contributed by atoms with Gasteiger partial charge in [-0.15, -0.1) is 0 Å². The van der Waals surface area contributed by atoms with Crippen LogP contribution < -0.4 is 10.2 Å². The van der Waals surface area contributed by atoms with Crippen molar-refractivity contribution in [2.24, 2.45) is 7.05 Å². The Morgan fingerprint density at radius 3 is 2.68 bits per heavy atom. The predicted molar refractivity (Wildman–Crippen MR) is 84.2 cm³/mol. The summed E-state index contributed by atoms with van der Waals surface area (Å²) in [6.07, 6.45) is 11.4. The minimum absolute atomic E-state index is 0.0749. The lowest BCUT2D eigenvalue weighted by Gasteiger charge is -2.41. The molecule has 5 nitrogen and oxygen atoms in total. The molecule has 118 valence electrons. The van der Waals surface area contributed by atoms with Crippen molar-refractivity contribution in [3.63, 3.8) is 0 Å². The molecule has 3 rings (SSSR count). The maximum Gasteiger partial charge on any atom is 0.271 e. The number of carbonyl (C=O) groups is 1. The molecule has 0 radical (unpaired) electrons. The highest BCUT2D eigenvalue weighted by Crippen LogP contribution is 2.38. The molecule has 1 aliphatic carbocycles. The summed E-state index contributed by atoms with van der Waals surface area (Å²) in [5.41, 5.74) is 0.0129. The third-order valence-corrected chi connectivity index (χ3v) is 4.86. The summed E-state index contributed by atoms with van der Waals surface area (Å²) >= 11 is 0. The Morgan fingerprint density at radius 1 is 1.27 bits per heavy atom. The predicted octanol–water partition coefficient (Wildman–Crippen LogP) is 2.11. The Hall–Kier alpha value is -2.04. The van der Waals surface area contributed by atoms with E-state index in [1.54, 1.807) is 17.8 Å². The first-order chi connectivity index (χ1) is 10.6. The fraction of sp³-hybridized carbons (Fsp3) is 0.529. The van der Waals surface area contributed by atoms with Crippen molar-refractivity contribution in [2.75, 3.05) is 13.7 Å². The summed E-state index contributed by atoms with van der Waals surface area (Å²) in [7, 11) is 3.23. The average molecular weight is 302 g/mol. The third-order valence-electron chi connectivity index (χ3n) is 4.86. The molecule has 0 aromatic carbocycles. The Balaban J connectivity index is 1.94. The molecule has 1 saturated carbocycles. The highest BCUT2D eigenvalue weighted by atomic mass is 16.5. The zero-order valence-corrected chi connectivity index (χ0v) is 13.2. The molecule has 0 saturated heterocycles. The monoisotopic (exact) mass is 302 g/mol. The molecular weight excluding hydrogens is 280 g/mol. The van der Waals surface area contributed by atoms with E-state index in [2.05, 4.69) is 12.2 Å². The molecule has 1 amide bonds. The van der Waals surface area contributed by atoms with Gasteiger partial charge in [0.05, 0.1) is 18.8 Å². The number of aromatic nitrogens is 1. The molecule has 0 atom stereocenters. The van der Waals surface area contributed by atoms with Crippen molar-refractivity contribution in [3.05, 3.63) is 40.3 Å². The Morgan fingerprint density at radius 2 is 2.00 bits per heavy atom. The lowest BCUT2D eigenvalue weighted by Crippen LogP contribution is -2.49. The van der Waals surface area contributed by atoms with Gasteiger partial charge in [-0.25, -0.2) is 0 Å². The van der Waals surface area contributed by atoms with Gasteiger partial charge < -0.3 is 14.2 Å². The van der Waals surface area contributed by atoms with Gasteiger partial charge in [0.2, 0.25) is 5.43 Å². The molecule has 1 aliphatic heterocycles. The van der Waals surface area contributed by atoms with Crippen LogP contribution in [0.15, 0.2) is 29.2 Å². The second kappa shape index (κ2) is 5.63. The molecule has 1 aromatic heterocycles. The van der Waals surface area contributed by atoms with Gasteiger partial charge in [-0.05, 0) is 12.8 Å². The number of carbonyl (C=O) groups excluding carboxylic acids is 1. The molecule has 5 heteroatoms. The molecule has 2 heterocycles. The van der Waals surface area contributed by atoms with Crippen molar-refractivity contribution in [3.8, 4) is 5.75 Å². The van der Waals surface area contributed by atoms with Crippen LogP contribution in [0.1, 0.15) is 42.6 Å². The molecule has 1 aromatic rings. The number of amides is 1. The first-order valence-corrected chi connectivity index (χ1v) is 7.82. The second-order valence-electron chi connectivity index (χ2n) is 6.18. The fourth-order valence-electron chi connectivity index (χ4n) is 3.65. The Bertz CT molecular complexity index is 669. The Labute approximate surface area is 130 Å². The van der Waals surface area contributed by atoms with Crippen LogP contribution in [0.3, 0.4) is 0 Å². The summed E-state index contributed by atoms with van der Waals surface area (Å²) in [6, 6.07) is 1.38. The topological polar surface area (TPSA) is 51.5 Å².